The van der Waals surface area contributed by atoms with E-state index in [0.29, 0.717) is 27.7 Å². The molecule has 1 heterocycles. The number of nitrogens with one attached hydrogen (secondary N) is 2. The highest BCUT2D eigenvalue weighted by molar-refractivity contribution is 7.18. The van der Waals surface area contributed by atoms with E-state index >= 15 is 0 Å². The van der Waals surface area contributed by atoms with Crippen molar-refractivity contribution in [2.75, 3.05) is 39.7 Å². The molecule has 1 aliphatic carbocycles. The van der Waals surface area contributed by atoms with Gasteiger partial charge in [-0.3, -0.25) is 14.5 Å². The SMILES string of the molecule is CCOC(=O)c1c(NC(=O)CN(Cc2cc(OC)ccc2OC)C2CC2)sc(C(=O)NC)c1C. The molecule has 9 nitrogen and oxygen atoms in total. The first-order valence-corrected chi connectivity index (χ1v) is 11.9. The molecule has 1 saturated carbocycles. The molecule has 0 spiro atoms. The van der Waals surface area contributed by atoms with Crippen molar-refractivity contribution in [3.63, 3.8) is 0 Å². The lowest BCUT2D eigenvalue weighted by atomic mass is 10.1. The van der Waals surface area contributed by atoms with E-state index in [1.165, 1.54) is 7.05 Å². The van der Waals surface area contributed by atoms with Crippen molar-refractivity contribution in [2.24, 2.45) is 0 Å². The molecule has 1 aromatic carbocycles. The van der Waals surface area contributed by atoms with Crippen molar-refractivity contribution in [1.82, 2.24) is 10.2 Å². The molecule has 0 bridgehead atoms. The molecule has 2 N–H and O–H groups in total. The fourth-order valence-electron chi connectivity index (χ4n) is 3.71. The summed E-state index contributed by atoms with van der Waals surface area (Å²) in [5.41, 5.74) is 1.62. The second kappa shape index (κ2) is 11.3. The first-order valence-electron chi connectivity index (χ1n) is 11.1. The maximum atomic E-state index is 13.1. The van der Waals surface area contributed by atoms with Crippen LogP contribution in [0.15, 0.2) is 18.2 Å². The van der Waals surface area contributed by atoms with Crippen LogP contribution in [0.25, 0.3) is 0 Å². The van der Waals surface area contributed by atoms with E-state index in [9.17, 15) is 14.4 Å². The molecule has 0 atom stereocenters. The van der Waals surface area contributed by atoms with Gasteiger partial charge in [0.05, 0.1) is 37.8 Å². The van der Waals surface area contributed by atoms with Gasteiger partial charge in [0.15, 0.2) is 0 Å². The van der Waals surface area contributed by atoms with Gasteiger partial charge in [-0.05, 0) is 50.5 Å². The monoisotopic (exact) mass is 489 g/mol. The smallest absolute Gasteiger partial charge is 0.341 e. The maximum absolute atomic E-state index is 13.1. The Kier molecular flexibility index (Phi) is 8.51. The van der Waals surface area contributed by atoms with Gasteiger partial charge in [0, 0.05) is 25.2 Å². The normalized spacial score (nSPS) is 12.9. The van der Waals surface area contributed by atoms with Crippen LogP contribution in [0.3, 0.4) is 0 Å². The van der Waals surface area contributed by atoms with Crippen molar-refractivity contribution in [1.29, 1.82) is 0 Å². The molecular formula is C24H31N3O6S. The molecule has 1 aromatic heterocycles. The van der Waals surface area contributed by atoms with E-state index in [1.54, 1.807) is 28.1 Å². The van der Waals surface area contributed by atoms with Crippen LogP contribution in [0.5, 0.6) is 11.5 Å². The first kappa shape index (κ1) is 25.5. The molecule has 1 aliphatic rings. The lowest BCUT2D eigenvalue weighted by molar-refractivity contribution is -0.117. The van der Waals surface area contributed by atoms with Crippen LogP contribution in [0.2, 0.25) is 0 Å². The molecular weight excluding hydrogens is 458 g/mol. The minimum atomic E-state index is -0.568. The molecule has 0 saturated heterocycles. The number of esters is 1. The molecule has 0 aliphatic heterocycles. The highest BCUT2D eigenvalue weighted by atomic mass is 32.1. The number of carbonyl (C=O) groups is 3. The van der Waals surface area contributed by atoms with Gasteiger partial charge in [0.1, 0.15) is 16.5 Å². The molecule has 0 radical (unpaired) electrons. The summed E-state index contributed by atoms with van der Waals surface area (Å²) in [6, 6.07) is 5.87. The van der Waals surface area contributed by atoms with Gasteiger partial charge in [-0.15, -0.1) is 11.3 Å². The Morgan fingerprint density at radius 2 is 1.91 bits per heavy atom. The fraction of sp³-hybridized carbons (Fsp3) is 0.458. The second-order valence-electron chi connectivity index (χ2n) is 7.92. The third kappa shape index (κ3) is 5.87. The molecule has 2 amide bonds. The van der Waals surface area contributed by atoms with Crippen molar-refractivity contribution in [2.45, 2.75) is 39.3 Å². The highest BCUT2D eigenvalue weighted by Gasteiger charge is 2.32. The summed E-state index contributed by atoms with van der Waals surface area (Å²) in [4.78, 5) is 40.3. The summed E-state index contributed by atoms with van der Waals surface area (Å²) < 4.78 is 16.0. The molecule has 3 rings (SSSR count). The van der Waals surface area contributed by atoms with E-state index in [1.807, 2.05) is 18.2 Å². The number of ether oxygens (including phenoxy) is 3. The van der Waals surface area contributed by atoms with E-state index in [2.05, 4.69) is 15.5 Å². The minimum Gasteiger partial charge on any atom is -0.497 e. The van der Waals surface area contributed by atoms with E-state index in [4.69, 9.17) is 14.2 Å². The van der Waals surface area contributed by atoms with Gasteiger partial charge >= 0.3 is 5.97 Å². The summed E-state index contributed by atoms with van der Waals surface area (Å²) in [5.74, 6) is 0.274. The van der Waals surface area contributed by atoms with Gasteiger partial charge in [-0.2, -0.15) is 0 Å². The zero-order valence-electron chi connectivity index (χ0n) is 20.1. The molecule has 1 fully saturated rings. The fourth-order valence-corrected chi connectivity index (χ4v) is 4.87. The Hall–Kier alpha value is -3.11. The zero-order chi connectivity index (χ0) is 24.8. The Morgan fingerprint density at radius 1 is 1.18 bits per heavy atom. The number of methoxy groups -OCH3 is 2. The van der Waals surface area contributed by atoms with Crippen LogP contribution in [0, 0.1) is 6.92 Å². The number of nitrogens with zero attached hydrogens (tertiary/aromatic N) is 1. The third-order valence-electron chi connectivity index (χ3n) is 5.58. The van der Waals surface area contributed by atoms with E-state index in [0.717, 1.165) is 35.5 Å². The first-order chi connectivity index (χ1) is 16.3. The zero-order valence-corrected chi connectivity index (χ0v) is 21.0. The predicted molar refractivity (Wildman–Crippen MR) is 130 cm³/mol. The molecule has 10 heteroatoms. The highest BCUT2D eigenvalue weighted by Crippen LogP contribution is 2.35. The van der Waals surface area contributed by atoms with Gasteiger partial charge in [-0.1, -0.05) is 0 Å². The number of thiophene rings is 1. The van der Waals surface area contributed by atoms with Gasteiger partial charge < -0.3 is 24.8 Å². The Labute approximate surface area is 203 Å². The summed E-state index contributed by atoms with van der Waals surface area (Å²) in [6.07, 6.45) is 2.01. The Balaban J connectivity index is 1.81. The number of hydrogen-bond donors (Lipinski definition) is 2. The quantitative estimate of drug-likeness (QED) is 0.467. The van der Waals surface area contributed by atoms with Crippen molar-refractivity contribution < 1.29 is 28.6 Å². The molecule has 2 aromatic rings. The third-order valence-corrected chi connectivity index (χ3v) is 6.79. The second-order valence-corrected chi connectivity index (χ2v) is 8.94. The standard InChI is InChI=1S/C24H31N3O6S/c1-6-33-24(30)20-14(2)21(22(29)25-3)34-23(20)26-19(28)13-27(16-7-8-16)12-15-11-17(31-4)9-10-18(15)32-5/h9-11,16H,6-8,12-13H2,1-5H3,(H,25,29)(H,26,28). The lowest BCUT2D eigenvalue weighted by Gasteiger charge is -2.23. The van der Waals surface area contributed by atoms with Gasteiger partial charge in [-0.25, -0.2) is 4.79 Å². The van der Waals surface area contributed by atoms with Crippen LogP contribution in [0.4, 0.5) is 5.00 Å². The molecule has 184 valence electrons. The van der Waals surface area contributed by atoms with Crippen molar-refractivity contribution in [3.8, 4) is 11.5 Å². The summed E-state index contributed by atoms with van der Waals surface area (Å²) in [7, 11) is 4.73. The van der Waals surface area contributed by atoms with Crippen molar-refractivity contribution >= 4 is 34.1 Å². The van der Waals surface area contributed by atoms with Crippen LogP contribution < -0.4 is 20.1 Å². The number of carbonyl (C=O) groups excluding carboxylic acids is 3. The van der Waals surface area contributed by atoms with E-state index in [-0.39, 0.29) is 36.6 Å². The summed E-state index contributed by atoms with van der Waals surface area (Å²) >= 11 is 1.07. The average Bonchev–Trinajstić information content (AvgIpc) is 3.62. The van der Waals surface area contributed by atoms with Crippen molar-refractivity contribution in [3.05, 3.63) is 39.8 Å². The average molecular weight is 490 g/mol. The van der Waals surface area contributed by atoms with Crippen LogP contribution in [0.1, 0.15) is 50.9 Å². The minimum absolute atomic E-state index is 0.125. The Bertz CT molecular complexity index is 1060. The number of rotatable bonds is 11. The Morgan fingerprint density at radius 3 is 2.50 bits per heavy atom. The molecule has 34 heavy (non-hydrogen) atoms. The van der Waals surface area contributed by atoms with Gasteiger partial charge in [0.2, 0.25) is 5.91 Å². The predicted octanol–water partition coefficient (Wildman–Crippen LogP) is 3.21. The number of benzene rings is 1. The van der Waals surface area contributed by atoms with E-state index < -0.39 is 5.97 Å². The number of hydrogen-bond acceptors (Lipinski definition) is 8. The number of anilines is 1. The van der Waals surface area contributed by atoms with Crippen LogP contribution in [-0.4, -0.2) is 63.1 Å². The molecule has 0 unspecified atom stereocenters. The number of amides is 2. The lowest BCUT2D eigenvalue weighted by Crippen LogP contribution is -2.34. The summed E-state index contributed by atoms with van der Waals surface area (Å²) in [5, 5.41) is 5.72. The maximum Gasteiger partial charge on any atom is 0.341 e. The largest absolute Gasteiger partial charge is 0.497 e. The van der Waals surface area contributed by atoms with Gasteiger partial charge in [0.25, 0.3) is 5.91 Å². The topological polar surface area (TPSA) is 106 Å². The van der Waals surface area contributed by atoms with Crippen LogP contribution >= 0.6 is 11.3 Å². The van der Waals surface area contributed by atoms with Crippen LogP contribution in [-0.2, 0) is 16.1 Å². The summed E-state index contributed by atoms with van der Waals surface area (Å²) in [6.45, 7) is 4.21.